The van der Waals surface area contributed by atoms with Crippen molar-refractivity contribution < 1.29 is 8.42 Å². The lowest BCUT2D eigenvalue weighted by atomic mass is 10.1. The highest BCUT2D eigenvalue weighted by atomic mass is 127. The molecule has 1 aromatic heterocycles. The van der Waals surface area contributed by atoms with Crippen LogP contribution in [-0.2, 0) is 16.6 Å². The third-order valence-corrected chi connectivity index (χ3v) is 5.62. The second-order valence-corrected chi connectivity index (χ2v) is 8.21. The number of nitrogens with zero attached hydrogens (tertiary/aromatic N) is 1. The number of hydrogen-bond donors (Lipinski definition) is 1. The molecule has 0 spiro atoms. The van der Waals surface area contributed by atoms with Gasteiger partial charge in [-0.25, -0.2) is 13.1 Å². The van der Waals surface area contributed by atoms with E-state index in [2.05, 4.69) is 32.3 Å². The molecule has 24 heavy (non-hydrogen) atoms. The quantitative estimate of drug-likeness (QED) is 0.602. The molecule has 3 aromatic rings. The summed E-state index contributed by atoms with van der Waals surface area (Å²) >= 11 is 2.14. The molecular weight excluding hydrogens is 435 g/mol. The fourth-order valence-electron chi connectivity index (χ4n) is 2.23. The number of sulfonamides is 1. The zero-order valence-corrected chi connectivity index (χ0v) is 15.7. The highest BCUT2D eigenvalue weighted by Crippen LogP contribution is 2.18. The molecule has 0 saturated carbocycles. The Morgan fingerprint density at radius 1 is 0.958 bits per heavy atom. The summed E-state index contributed by atoms with van der Waals surface area (Å²) in [7, 11) is -3.53. The van der Waals surface area contributed by atoms with Gasteiger partial charge < -0.3 is 0 Å². The maximum Gasteiger partial charge on any atom is 0.240 e. The maximum atomic E-state index is 12.3. The van der Waals surface area contributed by atoms with Crippen molar-refractivity contribution in [2.45, 2.75) is 11.4 Å². The molecule has 0 atom stereocenters. The second-order valence-electron chi connectivity index (χ2n) is 5.19. The van der Waals surface area contributed by atoms with Crippen molar-refractivity contribution in [1.82, 2.24) is 9.71 Å². The zero-order valence-electron chi connectivity index (χ0n) is 12.7. The lowest BCUT2D eigenvalue weighted by Crippen LogP contribution is -2.23. The number of pyridine rings is 1. The SMILES string of the molecule is O=S(=O)(NCc1ccnc(-c2ccccc2)c1)c1ccc(I)cc1. The van der Waals surface area contributed by atoms with Crippen LogP contribution in [0, 0.1) is 3.57 Å². The molecule has 3 rings (SSSR count). The Bertz CT molecular complexity index is 927. The Labute approximate surface area is 155 Å². The zero-order chi connectivity index (χ0) is 17.0. The van der Waals surface area contributed by atoms with Crippen LogP contribution in [0.15, 0.2) is 77.8 Å². The summed E-state index contributed by atoms with van der Waals surface area (Å²) in [5.41, 5.74) is 2.68. The van der Waals surface area contributed by atoms with Crippen molar-refractivity contribution in [2.24, 2.45) is 0 Å². The predicted octanol–water partition coefficient (Wildman–Crippen LogP) is 3.83. The first-order chi connectivity index (χ1) is 11.5. The molecular formula is C18H15IN2O2S. The number of hydrogen-bond acceptors (Lipinski definition) is 3. The molecule has 6 heteroatoms. The van der Waals surface area contributed by atoms with Gasteiger partial charge >= 0.3 is 0 Å². The van der Waals surface area contributed by atoms with Crippen LogP contribution < -0.4 is 4.72 Å². The standard InChI is InChI=1S/C18H15IN2O2S/c19-16-6-8-17(9-7-16)24(22,23)21-13-14-10-11-20-18(12-14)15-4-2-1-3-5-15/h1-12,21H,13H2. The number of rotatable bonds is 5. The highest BCUT2D eigenvalue weighted by Gasteiger charge is 2.13. The fraction of sp³-hybridized carbons (Fsp3) is 0.0556. The van der Waals surface area contributed by atoms with Crippen LogP contribution in [0.1, 0.15) is 5.56 Å². The minimum Gasteiger partial charge on any atom is -0.256 e. The van der Waals surface area contributed by atoms with E-state index in [1.807, 2.05) is 42.5 Å². The Balaban J connectivity index is 1.76. The molecule has 1 heterocycles. The molecule has 0 amide bonds. The molecule has 0 aliphatic rings. The summed E-state index contributed by atoms with van der Waals surface area (Å²) < 4.78 is 28.3. The van der Waals surface area contributed by atoms with Gasteiger partial charge in [0.05, 0.1) is 10.6 Å². The molecule has 0 aliphatic heterocycles. The maximum absolute atomic E-state index is 12.3. The number of halogens is 1. The van der Waals surface area contributed by atoms with E-state index in [0.29, 0.717) is 0 Å². The summed E-state index contributed by atoms with van der Waals surface area (Å²) in [6, 6.07) is 20.2. The second kappa shape index (κ2) is 7.42. The van der Waals surface area contributed by atoms with Crippen LogP contribution in [0.5, 0.6) is 0 Å². The van der Waals surface area contributed by atoms with Crippen LogP contribution in [0.2, 0.25) is 0 Å². The molecule has 4 nitrogen and oxygen atoms in total. The smallest absolute Gasteiger partial charge is 0.240 e. The minimum absolute atomic E-state index is 0.219. The van der Waals surface area contributed by atoms with Crippen LogP contribution in [0.4, 0.5) is 0 Å². The first-order valence-electron chi connectivity index (χ1n) is 7.30. The molecule has 0 aliphatic carbocycles. The summed E-state index contributed by atoms with van der Waals surface area (Å²) in [5.74, 6) is 0. The highest BCUT2D eigenvalue weighted by molar-refractivity contribution is 14.1. The third-order valence-electron chi connectivity index (χ3n) is 3.48. The van der Waals surface area contributed by atoms with E-state index in [1.165, 1.54) is 0 Å². The predicted molar refractivity (Wildman–Crippen MR) is 103 cm³/mol. The number of nitrogens with one attached hydrogen (secondary N) is 1. The Kier molecular flexibility index (Phi) is 5.27. The van der Waals surface area contributed by atoms with Crippen molar-refractivity contribution in [3.63, 3.8) is 0 Å². The van der Waals surface area contributed by atoms with Gasteiger partial charge in [0.25, 0.3) is 0 Å². The lowest BCUT2D eigenvalue weighted by molar-refractivity contribution is 0.581. The molecule has 0 bridgehead atoms. The Hall–Kier alpha value is -1.77. The number of aromatic nitrogens is 1. The van der Waals surface area contributed by atoms with Crippen LogP contribution >= 0.6 is 22.6 Å². The summed E-state index contributed by atoms with van der Waals surface area (Å²) in [4.78, 5) is 4.61. The van der Waals surface area contributed by atoms with Gasteiger partial charge in [0.1, 0.15) is 0 Å². The molecule has 0 fully saturated rings. The molecule has 2 aromatic carbocycles. The van der Waals surface area contributed by atoms with Crippen molar-refractivity contribution >= 4 is 32.6 Å². The van der Waals surface area contributed by atoms with Gasteiger partial charge in [-0.3, -0.25) is 4.98 Å². The van der Waals surface area contributed by atoms with Gasteiger partial charge in [-0.05, 0) is 64.6 Å². The monoisotopic (exact) mass is 450 g/mol. The summed E-state index contributed by atoms with van der Waals surface area (Å²) in [6.45, 7) is 0.219. The first kappa shape index (κ1) is 17.1. The minimum atomic E-state index is -3.53. The largest absolute Gasteiger partial charge is 0.256 e. The average molecular weight is 450 g/mol. The fourth-order valence-corrected chi connectivity index (χ4v) is 3.60. The Morgan fingerprint density at radius 3 is 2.38 bits per heavy atom. The van der Waals surface area contributed by atoms with Gasteiger partial charge in [-0.2, -0.15) is 0 Å². The topological polar surface area (TPSA) is 59.1 Å². The molecule has 1 N–H and O–H groups in total. The van der Waals surface area contributed by atoms with E-state index in [0.717, 1.165) is 20.4 Å². The molecule has 0 saturated heterocycles. The van der Waals surface area contributed by atoms with Crippen molar-refractivity contribution in [3.8, 4) is 11.3 Å². The van der Waals surface area contributed by atoms with Gasteiger partial charge in [0.15, 0.2) is 0 Å². The normalized spacial score (nSPS) is 11.4. The third kappa shape index (κ3) is 4.19. The van der Waals surface area contributed by atoms with E-state index >= 15 is 0 Å². The molecule has 0 unspecified atom stereocenters. The average Bonchev–Trinajstić information content (AvgIpc) is 2.61. The van der Waals surface area contributed by atoms with Gasteiger partial charge in [-0.1, -0.05) is 30.3 Å². The number of benzene rings is 2. The van der Waals surface area contributed by atoms with Crippen molar-refractivity contribution in [3.05, 3.63) is 82.1 Å². The van der Waals surface area contributed by atoms with Gasteiger partial charge in [-0.15, -0.1) is 0 Å². The molecule has 0 radical (unpaired) electrons. The van der Waals surface area contributed by atoms with E-state index in [-0.39, 0.29) is 11.4 Å². The van der Waals surface area contributed by atoms with E-state index in [9.17, 15) is 8.42 Å². The Morgan fingerprint density at radius 2 is 1.67 bits per heavy atom. The van der Waals surface area contributed by atoms with Crippen LogP contribution in [0.3, 0.4) is 0 Å². The summed E-state index contributed by atoms with van der Waals surface area (Å²) in [5, 5.41) is 0. The van der Waals surface area contributed by atoms with E-state index in [4.69, 9.17) is 0 Å². The van der Waals surface area contributed by atoms with Crippen molar-refractivity contribution in [1.29, 1.82) is 0 Å². The summed E-state index contributed by atoms with van der Waals surface area (Å²) in [6.07, 6.45) is 1.69. The van der Waals surface area contributed by atoms with Gasteiger partial charge in [0.2, 0.25) is 10.0 Å². The van der Waals surface area contributed by atoms with E-state index in [1.54, 1.807) is 30.5 Å². The van der Waals surface area contributed by atoms with Crippen molar-refractivity contribution in [2.75, 3.05) is 0 Å². The van der Waals surface area contributed by atoms with Crippen LogP contribution in [0.25, 0.3) is 11.3 Å². The van der Waals surface area contributed by atoms with Gasteiger partial charge in [0, 0.05) is 21.9 Å². The lowest BCUT2D eigenvalue weighted by Gasteiger charge is -2.08. The molecule has 122 valence electrons. The first-order valence-corrected chi connectivity index (χ1v) is 9.86. The van der Waals surface area contributed by atoms with Crippen LogP contribution in [-0.4, -0.2) is 13.4 Å². The van der Waals surface area contributed by atoms with E-state index < -0.39 is 10.0 Å².